The van der Waals surface area contributed by atoms with Gasteiger partial charge in [-0.05, 0) is 83.5 Å². The predicted octanol–water partition coefficient (Wildman–Crippen LogP) is 13.7. The van der Waals surface area contributed by atoms with Gasteiger partial charge < -0.3 is 4.42 Å². The van der Waals surface area contributed by atoms with Gasteiger partial charge in [-0.15, -0.1) is 0 Å². The molecule has 0 spiro atoms. The number of hydrogen-bond acceptors (Lipinski definition) is 1. The van der Waals surface area contributed by atoms with Gasteiger partial charge in [-0.3, -0.25) is 0 Å². The maximum Gasteiger partial charge on any atom is 0.143 e. The van der Waals surface area contributed by atoms with Crippen LogP contribution in [0.4, 0.5) is 0 Å². The Labute approximate surface area is 291 Å². The molecule has 0 aliphatic carbocycles. The highest BCUT2D eigenvalue weighted by molar-refractivity contribution is 6.28. The van der Waals surface area contributed by atoms with E-state index in [1.165, 1.54) is 5.56 Å². The third-order valence-corrected chi connectivity index (χ3v) is 9.67. The second-order valence-corrected chi connectivity index (χ2v) is 12.4. The molecule has 0 amide bonds. The molecule has 1 aromatic heterocycles. The fourth-order valence-electron chi connectivity index (χ4n) is 7.52. The van der Waals surface area contributed by atoms with Gasteiger partial charge in [-0.1, -0.05) is 170 Å². The Balaban J connectivity index is 1.33. The van der Waals surface area contributed by atoms with Crippen molar-refractivity contribution in [1.29, 1.82) is 0 Å². The highest BCUT2D eigenvalue weighted by atomic mass is 16.3. The summed E-state index contributed by atoms with van der Waals surface area (Å²) in [5.74, 6) is 0. The molecular formula is C48H30O. The first-order chi connectivity index (χ1) is 26.4. The van der Waals surface area contributed by atoms with E-state index in [1.54, 1.807) is 0 Å². The van der Waals surface area contributed by atoms with Crippen molar-refractivity contribution in [2.45, 2.75) is 0 Å². The highest BCUT2D eigenvalue weighted by Crippen LogP contribution is 2.48. The van der Waals surface area contributed by atoms with Crippen LogP contribution in [0.5, 0.6) is 0 Å². The molecule has 49 heavy (non-hydrogen) atoms. The maximum atomic E-state index is 9.85. The first-order valence-electron chi connectivity index (χ1n) is 18.9. The molecule has 0 bridgehead atoms. The predicted molar refractivity (Wildman–Crippen MR) is 208 cm³/mol. The van der Waals surface area contributed by atoms with E-state index in [1.807, 2.05) is 48.5 Å². The lowest BCUT2D eigenvalue weighted by Gasteiger charge is -2.18. The number of rotatable bonds is 4. The number of furan rings is 1. The minimum atomic E-state index is -0.340. The first-order valence-corrected chi connectivity index (χ1v) is 16.4. The van der Waals surface area contributed by atoms with Crippen molar-refractivity contribution in [2.24, 2.45) is 0 Å². The fraction of sp³-hybridized carbons (Fsp3) is 0. The third kappa shape index (κ3) is 4.33. The van der Waals surface area contributed by atoms with Crippen LogP contribution in [-0.2, 0) is 0 Å². The molecule has 0 aliphatic heterocycles. The lowest BCUT2D eigenvalue weighted by molar-refractivity contribution is 0.673. The molecule has 0 atom stereocenters. The summed E-state index contributed by atoms with van der Waals surface area (Å²) in [6, 6.07) is 50.5. The Kier molecular flexibility index (Phi) is 5.20. The quantitative estimate of drug-likeness (QED) is 0.177. The molecule has 0 unspecified atom stereocenters. The van der Waals surface area contributed by atoms with Crippen molar-refractivity contribution in [1.82, 2.24) is 0 Å². The molecule has 1 heteroatoms. The zero-order valence-corrected chi connectivity index (χ0v) is 26.3. The monoisotopic (exact) mass is 627 g/mol. The average molecular weight is 628 g/mol. The van der Waals surface area contributed by atoms with Crippen LogP contribution in [0.25, 0.3) is 98.8 Å². The normalized spacial score (nSPS) is 13.1. The molecule has 0 aliphatic rings. The van der Waals surface area contributed by atoms with Gasteiger partial charge in [0, 0.05) is 16.2 Å². The summed E-state index contributed by atoms with van der Waals surface area (Å²) >= 11 is 0. The van der Waals surface area contributed by atoms with Gasteiger partial charge in [-0.2, -0.15) is 0 Å². The van der Waals surface area contributed by atoms with E-state index >= 15 is 0 Å². The molecule has 10 rings (SSSR count). The molecule has 0 radical (unpaired) electrons. The summed E-state index contributed by atoms with van der Waals surface area (Å²) < 4.78 is 51.8. The van der Waals surface area contributed by atoms with Crippen molar-refractivity contribution in [2.75, 3.05) is 0 Å². The second kappa shape index (κ2) is 11.1. The largest absolute Gasteiger partial charge is 0.455 e. The van der Waals surface area contributed by atoms with E-state index in [0.717, 1.165) is 54.7 Å². The lowest BCUT2D eigenvalue weighted by atomic mass is 9.84. The third-order valence-electron chi connectivity index (χ3n) is 9.67. The molecule has 0 saturated heterocycles. The van der Waals surface area contributed by atoms with Gasteiger partial charge in [0.2, 0.25) is 0 Å². The van der Waals surface area contributed by atoms with Gasteiger partial charge in [0.05, 0.1) is 6.85 Å². The Morgan fingerprint density at radius 2 is 0.898 bits per heavy atom. The molecule has 9 aromatic carbocycles. The minimum Gasteiger partial charge on any atom is -0.455 e. The van der Waals surface area contributed by atoms with Gasteiger partial charge in [0.25, 0.3) is 0 Å². The zero-order valence-electron chi connectivity index (χ0n) is 31.3. The van der Waals surface area contributed by atoms with E-state index in [0.29, 0.717) is 22.1 Å². The number of hydrogen-bond donors (Lipinski definition) is 0. The summed E-state index contributed by atoms with van der Waals surface area (Å²) in [5.41, 5.74) is 8.45. The van der Waals surface area contributed by atoms with Crippen LogP contribution in [0.15, 0.2) is 186 Å². The van der Waals surface area contributed by atoms with Crippen LogP contribution in [0.3, 0.4) is 0 Å². The van der Waals surface area contributed by atoms with Crippen molar-refractivity contribution in [3.63, 3.8) is 0 Å². The topological polar surface area (TPSA) is 13.1 Å². The first kappa shape index (κ1) is 23.0. The van der Waals surface area contributed by atoms with Crippen LogP contribution in [0.2, 0.25) is 0 Å². The van der Waals surface area contributed by atoms with Gasteiger partial charge in [-0.25, -0.2) is 0 Å². The Morgan fingerprint density at radius 3 is 1.55 bits per heavy atom. The number of fused-ring (bicyclic) bond motifs is 7. The highest BCUT2D eigenvalue weighted by Gasteiger charge is 2.22. The molecule has 1 nitrogen and oxygen atoms in total. The van der Waals surface area contributed by atoms with Crippen LogP contribution in [-0.4, -0.2) is 0 Å². The summed E-state index contributed by atoms with van der Waals surface area (Å²) in [6.45, 7) is 0. The SMILES string of the molecule is [2H]c1c([2H])c([2H])c2c(c1[2H])c(-c1ccccc1)c([2H])c1c2oc2cccc(-c3c4ccccc4c(-c4ccc(-c5ccccc5)cc4)c4ccccc34)c21. The van der Waals surface area contributed by atoms with Crippen molar-refractivity contribution in [3.05, 3.63) is 182 Å². The van der Waals surface area contributed by atoms with E-state index in [4.69, 9.17) is 9.90 Å². The maximum absolute atomic E-state index is 9.85. The second-order valence-electron chi connectivity index (χ2n) is 12.4. The molecule has 0 N–H and O–H groups in total. The Morgan fingerprint density at radius 1 is 0.367 bits per heavy atom. The fourth-order valence-corrected chi connectivity index (χ4v) is 7.52. The average Bonchev–Trinajstić information content (AvgIpc) is 3.62. The summed E-state index contributed by atoms with van der Waals surface area (Å²) in [6.07, 6.45) is 0. The lowest BCUT2D eigenvalue weighted by Crippen LogP contribution is -1.91. The molecular weight excluding hydrogens is 593 g/mol. The van der Waals surface area contributed by atoms with E-state index in [-0.39, 0.29) is 46.6 Å². The van der Waals surface area contributed by atoms with E-state index in [9.17, 15) is 1.37 Å². The zero-order chi connectivity index (χ0) is 36.7. The number of benzene rings is 9. The molecule has 10 aromatic rings. The van der Waals surface area contributed by atoms with Crippen LogP contribution in [0, 0.1) is 0 Å². The van der Waals surface area contributed by atoms with Crippen LogP contribution >= 0.6 is 0 Å². The Hall–Kier alpha value is -6.44. The van der Waals surface area contributed by atoms with E-state index in [2.05, 4.69) is 103 Å². The smallest absolute Gasteiger partial charge is 0.143 e. The summed E-state index contributed by atoms with van der Waals surface area (Å²) in [7, 11) is 0. The van der Waals surface area contributed by atoms with Crippen molar-refractivity contribution < 1.29 is 11.3 Å². The summed E-state index contributed by atoms with van der Waals surface area (Å²) in [5, 5.41) is 6.11. The molecule has 0 fully saturated rings. The molecule has 228 valence electrons. The standard InChI is InChI=1S/C48H30O/c1-3-14-31(15-4-1)32-26-28-34(29-27-32)45-36-19-8-10-21-38(36)46(39-22-11-9-20-37(39)45)41-24-13-25-44-47(41)43-30-42(33-16-5-2-6-17-33)35-18-7-12-23-40(35)48(43)49-44/h1-30H/i7D,12D,18D,23D,30D. The van der Waals surface area contributed by atoms with Gasteiger partial charge >= 0.3 is 0 Å². The van der Waals surface area contributed by atoms with Gasteiger partial charge in [0.15, 0.2) is 0 Å². The van der Waals surface area contributed by atoms with Crippen LogP contribution < -0.4 is 0 Å². The van der Waals surface area contributed by atoms with Crippen LogP contribution in [0.1, 0.15) is 6.85 Å². The van der Waals surface area contributed by atoms with E-state index < -0.39 is 0 Å². The van der Waals surface area contributed by atoms with Gasteiger partial charge in [0.1, 0.15) is 11.2 Å². The van der Waals surface area contributed by atoms with Crippen molar-refractivity contribution >= 4 is 54.3 Å². The summed E-state index contributed by atoms with van der Waals surface area (Å²) in [4.78, 5) is 0. The Bertz CT molecular complexity index is 3080. The minimum absolute atomic E-state index is 0.156. The molecule has 1 heterocycles. The van der Waals surface area contributed by atoms with Crippen molar-refractivity contribution in [3.8, 4) is 44.5 Å². The molecule has 0 saturated carbocycles.